The smallest absolute Gasteiger partial charge is 0.237 e. The number of fused-ring (bicyclic) bond motifs is 1. The monoisotopic (exact) mass is 247 g/mol. The van der Waals surface area contributed by atoms with E-state index < -0.39 is 0 Å². The summed E-state index contributed by atoms with van der Waals surface area (Å²) in [6.07, 6.45) is 2.69. The second kappa shape index (κ2) is 6.52. The van der Waals surface area contributed by atoms with Gasteiger partial charge in [-0.2, -0.15) is 0 Å². The summed E-state index contributed by atoms with van der Waals surface area (Å²) in [6.45, 7) is 2.18. The first-order valence-electron chi connectivity index (χ1n) is 6.59. The Morgan fingerprint density at radius 2 is 2.11 bits per heavy atom. The molecule has 0 saturated carbocycles. The number of benzene rings is 1. The number of nitrogens with one attached hydrogen (secondary N) is 2. The minimum Gasteiger partial charge on any atom is -0.355 e. The van der Waals surface area contributed by atoms with E-state index in [9.17, 15) is 4.79 Å². The van der Waals surface area contributed by atoms with Crippen molar-refractivity contribution >= 4 is 5.91 Å². The highest BCUT2D eigenvalue weighted by molar-refractivity contribution is 5.82. The maximum atomic E-state index is 12.0. The van der Waals surface area contributed by atoms with Gasteiger partial charge in [-0.1, -0.05) is 24.3 Å². The summed E-state index contributed by atoms with van der Waals surface area (Å²) in [7, 11) is 0. The third-order valence-corrected chi connectivity index (χ3v) is 3.33. The van der Waals surface area contributed by atoms with Crippen LogP contribution >= 0.6 is 0 Å². The summed E-state index contributed by atoms with van der Waals surface area (Å²) in [6, 6.07) is 8.18. The highest BCUT2D eigenvalue weighted by Gasteiger charge is 2.23. The van der Waals surface area contributed by atoms with E-state index in [1.165, 1.54) is 11.1 Å². The van der Waals surface area contributed by atoms with Gasteiger partial charge in [0.15, 0.2) is 0 Å². The van der Waals surface area contributed by atoms with E-state index >= 15 is 0 Å². The van der Waals surface area contributed by atoms with Crippen LogP contribution in [0.25, 0.3) is 0 Å². The Labute approximate surface area is 108 Å². The van der Waals surface area contributed by atoms with Crippen molar-refractivity contribution in [3.63, 3.8) is 0 Å². The van der Waals surface area contributed by atoms with Crippen LogP contribution in [-0.2, 0) is 17.8 Å². The van der Waals surface area contributed by atoms with Gasteiger partial charge in [-0.25, -0.2) is 0 Å². The second-order valence-electron chi connectivity index (χ2n) is 4.69. The van der Waals surface area contributed by atoms with Crippen LogP contribution in [0.1, 0.15) is 24.0 Å². The quantitative estimate of drug-likeness (QED) is 0.666. The number of carbonyl (C=O) groups excluding carboxylic acids is 1. The lowest BCUT2D eigenvalue weighted by Gasteiger charge is -2.25. The predicted molar refractivity (Wildman–Crippen MR) is 72.1 cm³/mol. The summed E-state index contributed by atoms with van der Waals surface area (Å²) in [5.74, 6) is 0.0986. The molecule has 0 saturated heterocycles. The fraction of sp³-hybridized carbons (Fsp3) is 0.500. The molecule has 18 heavy (non-hydrogen) atoms. The first-order valence-corrected chi connectivity index (χ1v) is 6.59. The van der Waals surface area contributed by atoms with E-state index in [-0.39, 0.29) is 11.9 Å². The molecule has 1 heterocycles. The summed E-state index contributed by atoms with van der Waals surface area (Å²) in [5.41, 5.74) is 7.99. The van der Waals surface area contributed by atoms with Gasteiger partial charge < -0.3 is 16.4 Å². The molecule has 0 aromatic heterocycles. The van der Waals surface area contributed by atoms with Crippen molar-refractivity contribution in [3.8, 4) is 0 Å². The average Bonchev–Trinajstić information content (AvgIpc) is 2.43. The molecule has 98 valence electrons. The molecule has 0 bridgehead atoms. The van der Waals surface area contributed by atoms with Crippen molar-refractivity contribution in [2.75, 3.05) is 13.1 Å². The molecular formula is C14H21N3O. The largest absolute Gasteiger partial charge is 0.355 e. The molecular weight excluding hydrogens is 226 g/mol. The number of amides is 1. The molecule has 1 atom stereocenters. The van der Waals surface area contributed by atoms with Crippen LogP contribution in [0, 0.1) is 0 Å². The van der Waals surface area contributed by atoms with Gasteiger partial charge in [-0.15, -0.1) is 0 Å². The zero-order chi connectivity index (χ0) is 12.8. The molecule has 1 aliphatic heterocycles. The lowest BCUT2D eigenvalue weighted by molar-refractivity contribution is -0.123. The van der Waals surface area contributed by atoms with Crippen LogP contribution in [0.3, 0.4) is 0 Å². The Morgan fingerprint density at radius 1 is 1.33 bits per heavy atom. The Bertz CT molecular complexity index is 406. The van der Waals surface area contributed by atoms with E-state index in [0.29, 0.717) is 6.54 Å². The Kier molecular flexibility index (Phi) is 4.73. The van der Waals surface area contributed by atoms with Crippen molar-refractivity contribution < 1.29 is 4.79 Å². The highest BCUT2D eigenvalue weighted by atomic mass is 16.2. The molecule has 1 aromatic rings. The molecule has 4 nitrogen and oxygen atoms in total. The minimum absolute atomic E-state index is 0.0986. The molecule has 0 aliphatic carbocycles. The minimum atomic E-state index is -0.0993. The molecule has 1 aromatic carbocycles. The maximum absolute atomic E-state index is 12.0. The van der Waals surface area contributed by atoms with Crippen molar-refractivity contribution in [2.24, 2.45) is 5.73 Å². The molecule has 4 heteroatoms. The average molecular weight is 247 g/mol. The van der Waals surface area contributed by atoms with Crippen molar-refractivity contribution in [1.82, 2.24) is 10.6 Å². The number of unbranched alkanes of at least 4 members (excludes halogenated alkanes) is 1. The van der Waals surface area contributed by atoms with Crippen molar-refractivity contribution in [2.45, 2.75) is 31.8 Å². The molecule has 0 radical (unpaired) electrons. The molecule has 1 unspecified atom stereocenters. The van der Waals surface area contributed by atoms with Crippen LogP contribution < -0.4 is 16.4 Å². The van der Waals surface area contributed by atoms with E-state index in [1.807, 2.05) is 12.1 Å². The van der Waals surface area contributed by atoms with Crippen LogP contribution in [0.15, 0.2) is 24.3 Å². The van der Waals surface area contributed by atoms with Gasteiger partial charge in [0.2, 0.25) is 5.91 Å². The summed E-state index contributed by atoms with van der Waals surface area (Å²) in [4.78, 5) is 12.0. The molecule has 0 fully saturated rings. The summed E-state index contributed by atoms with van der Waals surface area (Å²) >= 11 is 0. The third kappa shape index (κ3) is 3.31. The zero-order valence-corrected chi connectivity index (χ0v) is 10.6. The summed E-state index contributed by atoms with van der Waals surface area (Å²) < 4.78 is 0. The molecule has 1 amide bonds. The molecule has 2 rings (SSSR count). The first kappa shape index (κ1) is 13.1. The van der Waals surface area contributed by atoms with E-state index in [1.54, 1.807) is 0 Å². The normalized spacial score (nSPS) is 18.2. The van der Waals surface area contributed by atoms with Gasteiger partial charge in [-0.3, -0.25) is 4.79 Å². The van der Waals surface area contributed by atoms with Gasteiger partial charge in [0.25, 0.3) is 0 Å². The third-order valence-electron chi connectivity index (χ3n) is 3.33. The number of hydrogen-bond donors (Lipinski definition) is 3. The maximum Gasteiger partial charge on any atom is 0.237 e. The number of nitrogens with two attached hydrogens (primary N) is 1. The first-order chi connectivity index (χ1) is 8.81. The van der Waals surface area contributed by atoms with Gasteiger partial charge in [0, 0.05) is 13.1 Å². The Hall–Kier alpha value is -1.39. The predicted octanol–water partition coefficient (Wildman–Crippen LogP) is 0.556. The van der Waals surface area contributed by atoms with Gasteiger partial charge in [0.1, 0.15) is 0 Å². The number of carbonyl (C=O) groups is 1. The standard InChI is InChI=1S/C14H21N3O/c15-7-3-4-8-16-14(18)13-9-11-5-1-2-6-12(11)10-17-13/h1-2,5-6,13,17H,3-4,7-10,15H2,(H,16,18). The highest BCUT2D eigenvalue weighted by Crippen LogP contribution is 2.16. The second-order valence-corrected chi connectivity index (χ2v) is 4.69. The van der Waals surface area contributed by atoms with Crippen molar-refractivity contribution in [3.05, 3.63) is 35.4 Å². The van der Waals surface area contributed by atoms with E-state index in [4.69, 9.17) is 5.73 Å². The molecule has 1 aliphatic rings. The van der Waals surface area contributed by atoms with Crippen LogP contribution in [0.5, 0.6) is 0 Å². The molecule has 0 spiro atoms. The Morgan fingerprint density at radius 3 is 2.89 bits per heavy atom. The molecule has 4 N–H and O–H groups in total. The lowest BCUT2D eigenvalue weighted by Crippen LogP contribution is -2.47. The van der Waals surface area contributed by atoms with E-state index in [2.05, 4.69) is 22.8 Å². The van der Waals surface area contributed by atoms with E-state index in [0.717, 1.165) is 32.4 Å². The van der Waals surface area contributed by atoms with Crippen LogP contribution in [0.4, 0.5) is 0 Å². The van der Waals surface area contributed by atoms with Crippen LogP contribution in [0.2, 0.25) is 0 Å². The van der Waals surface area contributed by atoms with Crippen LogP contribution in [-0.4, -0.2) is 25.0 Å². The number of hydrogen-bond acceptors (Lipinski definition) is 3. The van der Waals surface area contributed by atoms with Crippen molar-refractivity contribution in [1.29, 1.82) is 0 Å². The van der Waals surface area contributed by atoms with Gasteiger partial charge >= 0.3 is 0 Å². The topological polar surface area (TPSA) is 67.1 Å². The summed E-state index contributed by atoms with van der Waals surface area (Å²) in [5, 5.41) is 6.24. The van der Waals surface area contributed by atoms with Gasteiger partial charge in [0.05, 0.1) is 6.04 Å². The fourth-order valence-corrected chi connectivity index (χ4v) is 2.24. The lowest BCUT2D eigenvalue weighted by atomic mass is 9.95. The fourth-order valence-electron chi connectivity index (χ4n) is 2.24. The SMILES string of the molecule is NCCCCNC(=O)C1Cc2ccccc2CN1. The Balaban J connectivity index is 1.83. The van der Waals surface area contributed by atoms with Gasteiger partial charge in [-0.05, 0) is 36.9 Å². The zero-order valence-electron chi connectivity index (χ0n) is 10.6. The number of rotatable bonds is 5.